The summed E-state index contributed by atoms with van der Waals surface area (Å²) < 4.78 is 28.6. The van der Waals surface area contributed by atoms with E-state index in [1.165, 1.54) is 18.2 Å². The van der Waals surface area contributed by atoms with Crippen molar-refractivity contribution in [3.8, 4) is 0 Å². The lowest BCUT2D eigenvalue weighted by Crippen LogP contribution is -2.27. The zero-order valence-corrected chi connectivity index (χ0v) is 15.4. The highest BCUT2D eigenvalue weighted by atomic mass is 32.2. The normalized spacial score (nSPS) is 11.4. The van der Waals surface area contributed by atoms with Crippen LogP contribution >= 0.6 is 0 Å². The van der Waals surface area contributed by atoms with Crippen LogP contribution in [0.5, 0.6) is 0 Å². The van der Waals surface area contributed by atoms with E-state index < -0.39 is 10.0 Å². The van der Waals surface area contributed by atoms with Crippen LogP contribution in [-0.4, -0.2) is 36.8 Å². The fraction of sp³-hybridized carbons (Fsp3) is 0.158. The number of benzene rings is 1. The first-order chi connectivity index (χ1) is 13.0. The summed E-state index contributed by atoms with van der Waals surface area (Å²) in [6, 6.07) is 11.7. The van der Waals surface area contributed by atoms with Gasteiger partial charge in [-0.1, -0.05) is 18.2 Å². The lowest BCUT2D eigenvalue weighted by molar-refractivity contribution is 0.0954. The number of nitrogens with one attached hydrogen (secondary N) is 2. The van der Waals surface area contributed by atoms with Gasteiger partial charge < -0.3 is 9.72 Å². The number of amides is 1. The van der Waals surface area contributed by atoms with E-state index in [0.29, 0.717) is 13.0 Å². The van der Waals surface area contributed by atoms with Crippen molar-refractivity contribution in [2.45, 2.75) is 11.3 Å². The molecule has 0 radical (unpaired) electrons. The van der Waals surface area contributed by atoms with Gasteiger partial charge >= 0.3 is 0 Å². The first-order valence-electron chi connectivity index (χ1n) is 8.41. The molecule has 2 N–H and O–H groups in total. The van der Waals surface area contributed by atoms with Crippen LogP contribution < -0.4 is 10.0 Å². The van der Waals surface area contributed by atoms with Gasteiger partial charge in [0.2, 0.25) is 10.0 Å². The van der Waals surface area contributed by atoms with Gasteiger partial charge in [0.15, 0.2) is 0 Å². The SMILES string of the molecule is C=CCNS(=O)(=O)c1cccc(C(=O)NCCc2cn3ccccc3n2)c1. The van der Waals surface area contributed by atoms with Crippen LogP contribution in [0.3, 0.4) is 0 Å². The average molecular weight is 384 g/mol. The number of carbonyl (C=O) groups is 1. The molecule has 0 aliphatic carbocycles. The first kappa shape index (κ1) is 18.8. The molecule has 140 valence electrons. The Labute approximate surface area is 157 Å². The van der Waals surface area contributed by atoms with E-state index >= 15 is 0 Å². The van der Waals surface area contributed by atoms with Crippen molar-refractivity contribution >= 4 is 21.6 Å². The number of fused-ring (bicyclic) bond motifs is 1. The molecule has 8 heteroatoms. The van der Waals surface area contributed by atoms with E-state index in [0.717, 1.165) is 11.3 Å². The molecule has 0 bridgehead atoms. The fourth-order valence-electron chi connectivity index (χ4n) is 2.57. The second-order valence-electron chi connectivity index (χ2n) is 5.87. The van der Waals surface area contributed by atoms with Crippen molar-refractivity contribution in [2.24, 2.45) is 0 Å². The summed E-state index contributed by atoms with van der Waals surface area (Å²) in [6.07, 6.45) is 5.86. The standard InChI is InChI=1S/C19H20N4O3S/c1-2-10-21-27(25,26)17-7-5-6-15(13-17)19(24)20-11-9-16-14-23-12-4-3-8-18(23)22-16/h2-8,12-14,21H,1,9-11H2,(H,20,24). The van der Waals surface area contributed by atoms with Crippen molar-refractivity contribution in [1.29, 1.82) is 0 Å². The molecular weight excluding hydrogens is 364 g/mol. The second kappa shape index (κ2) is 8.15. The molecule has 0 saturated heterocycles. The van der Waals surface area contributed by atoms with E-state index in [4.69, 9.17) is 0 Å². The Balaban J connectivity index is 1.62. The summed E-state index contributed by atoms with van der Waals surface area (Å²) in [5.41, 5.74) is 2.00. The minimum absolute atomic E-state index is 0.0392. The molecule has 2 aromatic heterocycles. The van der Waals surface area contributed by atoms with Crippen molar-refractivity contribution in [3.63, 3.8) is 0 Å². The molecule has 0 atom stereocenters. The van der Waals surface area contributed by atoms with E-state index in [9.17, 15) is 13.2 Å². The Morgan fingerprint density at radius 3 is 2.85 bits per heavy atom. The molecule has 0 fully saturated rings. The van der Waals surface area contributed by atoms with Crippen LogP contribution in [0.15, 0.2) is 72.4 Å². The number of carbonyl (C=O) groups excluding carboxylic acids is 1. The van der Waals surface area contributed by atoms with Crippen LogP contribution in [0.25, 0.3) is 5.65 Å². The van der Waals surface area contributed by atoms with Gasteiger partial charge in [-0.25, -0.2) is 18.1 Å². The number of imidazole rings is 1. The molecule has 0 unspecified atom stereocenters. The van der Waals surface area contributed by atoms with Crippen molar-refractivity contribution < 1.29 is 13.2 Å². The minimum Gasteiger partial charge on any atom is -0.352 e. The number of sulfonamides is 1. The quantitative estimate of drug-likeness (QED) is 0.579. The summed E-state index contributed by atoms with van der Waals surface area (Å²) >= 11 is 0. The molecule has 0 spiro atoms. The summed E-state index contributed by atoms with van der Waals surface area (Å²) in [4.78, 5) is 16.8. The maximum absolute atomic E-state index is 12.3. The predicted molar refractivity (Wildman–Crippen MR) is 103 cm³/mol. The number of nitrogens with zero attached hydrogens (tertiary/aromatic N) is 2. The van der Waals surface area contributed by atoms with E-state index in [1.54, 1.807) is 12.1 Å². The number of rotatable bonds is 8. The van der Waals surface area contributed by atoms with Crippen molar-refractivity contribution in [3.05, 3.63) is 78.8 Å². The van der Waals surface area contributed by atoms with Gasteiger partial charge in [-0.15, -0.1) is 6.58 Å². The van der Waals surface area contributed by atoms with Gasteiger partial charge in [-0.3, -0.25) is 4.79 Å². The molecule has 0 aliphatic heterocycles. The lowest BCUT2D eigenvalue weighted by Gasteiger charge is -2.08. The molecule has 7 nitrogen and oxygen atoms in total. The molecule has 1 aromatic carbocycles. The zero-order valence-electron chi connectivity index (χ0n) is 14.6. The Kier molecular flexibility index (Phi) is 5.68. The Morgan fingerprint density at radius 1 is 1.22 bits per heavy atom. The predicted octanol–water partition coefficient (Wildman–Crippen LogP) is 1.77. The monoisotopic (exact) mass is 384 g/mol. The highest BCUT2D eigenvalue weighted by molar-refractivity contribution is 7.89. The Bertz CT molecular complexity index is 1040. The fourth-order valence-corrected chi connectivity index (χ4v) is 3.61. The second-order valence-corrected chi connectivity index (χ2v) is 7.64. The van der Waals surface area contributed by atoms with Gasteiger partial charge in [0.05, 0.1) is 10.6 Å². The van der Waals surface area contributed by atoms with Crippen LogP contribution in [0.1, 0.15) is 16.1 Å². The summed E-state index contributed by atoms with van der Waals surface area (Å²) in [5.74, 6) is -0.334. The zero-order chi connectivity index (χ0) is 19.3. The van der Waals surface area contributed by atoms with Crippen LogP contribution in [0.4, 0.5) is 0 Å². The first-order valence-corrected chi connectivity index (χ1v) is 9.89. The third-order valence-electron chi connectivity index (χ3n) is 3.90. The third-order valence-corrected chi connectivity index (χ3v) is 5.33. The van der Waals surface area contributed by atoms with Crippen LogP contribution in [-0.2, 0) is 16.4 Å². The highest BCUT2D eigenvalue weighted by Gasteiger charge is 2.15. The summed E-state index contributed by atoms with van der Waals surface area (Å²) in [6.45, 7) is 4.00. The number of hydrogen-bond acceptors (Lipinski definition) is 4. The Morgan fingerprint density at radius 2 is 2.07 bits per heavy atom. The van der Waals surface area contributed by atoms with Gasteiger partial charge in [-0.2, -0.15) is 0 Å². The van der Waals surface area contributed by atoms with E-state index in [1.807, 2.05) is 35.0 Å². The molecule has 3 rings (SSSR count). The van der Waals surface area contributed by atoms with Gasteiger partial charge in [0.25, 0.3) is 5.91 Å². The molecule has 2 heterocycles. The smallest absolute Gasteiger partial charge is 0.251 e. The van der Waals surface area contributed by atoms with Crippen LogP contribution in [0.2, 0.25) is 0 Å². The summed E-state index contributed by atoms with van der Waals surface area (Å²) in [5, 5.41) is 2.79. The number of hydrogen-bond donors (Lipinski definition) is 2. The Hall–Kier alpha value is -2.97. The lowest BCUT2D eigenvalue weighted by atomic mass is 10.2. The third kappa shape index (κ3) is 4.60. The topological polar surface area (TPSA) is 92.6 Å². The minimum atomic E-state index is -3.67. The number of aromatic nitrogens is 2. The number of pyridine rings is 1. The molecular formula is C19H20N4O3S. The molecule has 0 saturated carbocycles. The van der Waals surface area contributed by atoms with E-state index in [-0.39, 0.29) is 22.9 Å². The van der Waals surface area contributed by atoms with E-state index in [2.05, 4.69) is 21.6 Å². The molecule has 1 amide bonds. The largest absolute Gasteiger partial charge is 0.352 e. The van der Waals surface area contributed by atoms with Crippen molar-refractivity contribution in [2.75, 3.05) is 13.1 Å². The van der Waals surface area contributed by atoms with Crippen LogP contribution in [0, 0.1) is 0 Å². The maximum atomic E-state index is 12.3. The molecule has 0 aliphatic rings. The average Bonchev–Trinajstić information content (AvgIpc) is 3.09. The van der Waals surface area contributed by atoms with Gasteiger partial charge in [0.1, 0.15) is 5.65 Å². The highest BCUT2D eigenvalue weighted by Crippen LogP contribution is 2.11. The molecule has 27 heavy (non-hydrogen) atoms. The van der Waals surface area contributed by atoms with Gasteiger partial charge in [-0.05, 0) is 30.3 Å². The molecule has 3 aromatic rings. The van der Waals surface area contributed by atoms with Gasteiger partial charge in [0, 0.05) is 37.5 Å². The van der Waals surface area contributed by atoms with Crippen molar-refractivity contribution in [1.82, 2.24) is 19.4 Å². The maximum Gasteiger partial charge on any atom is 0.251 e. The summed E-state index contributed by atoms with van der Waals surface area (Å²) in [7, 11) is -3.67.